The molecule has 0 radical (unpaired) electrons. The summed E-state index contributed by atoms with van der Waals surface area (Å²) in [6, 6.07) is 14.8. The first-order valence-corrected chi connectivity index (χ1v) is 12.5. The fraction of sp³-hybridized carbons (Fsp3) is 0.429. The van der Waals surface area contributed by atoms with Gasteiger partial charge >= 0.3 is 0 Å². The molecule has 0 bridgehead atoms. The van der Waals surface area contributed by atoms with E-state index in [2.05, 4.69) is 22.0 Å². The summed E-state index contributed by atoms with van der Waals surface area (Å²) in [6.07, 6.45) is 6.07. The minimum absolute atomic E-state index is 0.0485. The van der Waals surface area contributed by atoms with Crippen molar-refractivity contribution in [3.63, 3.8) is 0 Å². The highest BCUT2D eigenvalue weighted by atomic mass is 19.1. The first-order valence-electron chi connectivity index (χ1n) is 12.5. The van der Waals surface area contributed by atoms with Crippen LogP contribution >= 0.6 is 0 Å². The molecule has 2 heterocycles. The van der Waals surface area contributed by atoms with E-state index in [0.717, 1.165) is 37.9 Å². The van der Waals surface area contributed by atoms with Crippen LogP contribution in [0.3, 0.4) is 0 Å². The predicted octanol–water partition coefficient (Wildman–Crippen LogP) is 4.48. The smallest absolute Gasteiger partial charge is 0.270 e. The van der Waals surface area contributed by atoms with E-state index in [1.54, 1.807) is 31.3 Å². The Hall–Kier alpha value is -3.91. The molecule has 184 valence electrons. The molecule has 0 atom stereocenters. The van der Waals surface area contributed by atoms with Crippen molar-refractivity contribution in [3.8, 4) is 12.1 Å². The summed E-state index contributed by atoms with van der Waals surface area (Å²) in [5.74, 6) is 0.465. The molecule has 2 fully saturated rings. The van der Waals surface area contributed by atoms with Gasteiger partial charge in [0.05, 0.1) is 11.2 Å². The van der Waals surface area contributed by atoms with Gasteiger partial charge in [0.25, 0.3) is 5.56 Å². The number of aromatic nitrogens is 2. The quantitative estimate of drug-likeness (QED) is 0.513. The molecule has 8 heteroatoms. The first kappa shape index (κ1) is 23.8. The average molecular weight is 485 g/mol. The fourth-order valence-corrected chi connectivity index (χ4v) is 5.54. The maximum absolute atomic E-state index is 14.0. The number of benzene rings is 1. The molecule has 0 aliphatic heterocycles. The summed E-state index contributed by atoms with van der Waals surface area (Å²) in [7, 11) is 3.53. The normalized spacial score (nSPS) is 19.5. The molecule has 0 saturated heterocycles. The predicted molar refractivity (Wildman–Crippen MR) is 137 cm³/mol. The Morgan fingerprint density at radius 2 is 1.78 bits per heavy atom. The molecule has 36 heavy (non-hydrogen) atoms. The van der Waals surface area contributed by atoms with E-state index in [-0.39, 0.29) is 28.7 Å². The maximum Gasteiger partial charge on any atom is 0.270 e. The van der Waals surface area contributed by atoms with Crippen LogP contribution in [-0.2, 0) is 7.05 Å². The summed E-state index contributed by atoms with van der Waals surface area (Å²) < 4.78 is 15.4. The number of anilines is 2. The van der Waals surface area contributed by atoms with Gasteiger partial charge in [-0.3, -0.25) is 4.79 Å². The Bertz CT molecular complexity index is 1440. The number of hydrogen-bond donors (Lipinski definition) is 0. The third-order valence-electron chi connectivity index (χ3n) is 7.74. The van der Waals surface area contributed by atoms with Gasteiger partial charge < -0.3 is 14.4 Å². The lowest BCUT2D eigenvalue weighted by atomic mass is 9.88. The average Bonchev–Trinajstić information content (AvgIpc) is 3.73. The van der Waals surface area contributed by atoms with E-state index >= 15 is 0 Å². The van der Waals surface area contributed by atoms with Gasteiger partial charge in [0.15, 0.2) is 0 Å². The second-order valence-electron chi connectivity index (χ2n) is 10.0. The van der Waals surface area contributed by atoms with E-state index in [4.69, 9.17) is 0 Å². The Labute approximate surface area is 210 Å². The van der Waals surface area contributed by atoms with E-state index in [9.17, 15) is 19.7 Å². The van der Waals surface area contributed by atoms with Crippen molar-refractivity contribution in [2.24, 2.45) is 13.0 Å². The number of hydrogen-bond acceptors (Lipinski definition) is 6. The largest absolute Gasteiger partial charge is 0.369 e. The van der Waals surface area contributed by atoms with Gasteiger partial charge in [-0.05, 0) is 74.8 Å². The molecule has 1 aromatic carbocycles. The molecule has 0 amide bonds. The molecular weight excluding hydrogens is 455 g/mol. The van der Waals surface area contributed by atoms with Crippen LogP contribution in [0.25, 0.3) is 11.0 Å². The number of halogens is 1. The van der Waals surface area contributed by atoms with Crippen molar-refractivity contribution in [2.45, 2.75) is 50.6 Å². The topological polar surface area (TPSA) is 88.9 Å². The molecule has 5 rings (SSSR count). The van der Waals surface area contributed by atoms with Crippen molar-refractivity contribution < 1.29 is 4.39 Å². The molecule has 0 spiro atoms. The van der Waals surface area contributed by atoms with E-state index in [0.29, 0.717) is 28.7 Å². The van der Waals surface area contributed by atoms with Gasteiger partial charge in [0, 0.05) is 38.4 Å². The van der Waals surface area contributed by atoms with E-state index in [1.807, 2.05) is 18.0 Å². The highest BCUT2D eigenvalue weighted by molar-refractivity contribution is 5.92. The lowest BCUT2D eigenvalue weighted by molar-refractivity contribution is 0.365. The van der Waals surface area contributed by atoms with Crippen LogP contribution in [0.4, 0.5) is 15.8 Å². The van der Waals surface area contributed by atoms with Crippen LogP contribution in [0, 0.1) is 34.4 Å². The zero-order valence-corrected chi connectivity index (χ0v) is 20.6. The third-order valence-corrected chi connectivity index (χ3v) is 7.74. The van der Waals surface area contributed by atoms with Gasteiger partial charge in [-0.25, -0.2) is 9.37 Å². The molecule has 2 aliphatic carbocycles. The van der Waals surface area contributed by atoms with Crippen molar-refractivity contribution in [2.75, 3.05) is 23.4 Å². The number of nitrogens with zero attached hydrogens (tertiary/aromatic N) is 6. The van der Waals surface area contributed by atoms with Crippen LogP contribution < -0.4 is 15.4 Å². The van der Waals surface area contributed by atoms with Crippen LogP contribution in [0.15, 0.2) is 41.2 Å². The zero-order chi connectivity index (χ0) is 25.4. The highest BCUT2D eigenvalue weighted by Crippen LogP contribution is 2.37. The maximum atomic E-state index is 14.0. The molecule has 0 unspecified atom stereocenters. The van der Waals surface area contributed by atoms with E-state index < -0.39 is 0 Å². The number of nitriles is 2. The van der Waals surface area contributed by atoms with Gasteiger partial charge in [0.2, 0.25) is 0 Å². The molecular formula is C28H29FN6O. The summed E-state index contributed by atoms with van der Waals surface area (Å²) >= 11 is 0. The van der Waals surface area contributed by atoms with Gasteiger partial charge in [-0.15, -0.1) is 0 Å². The van der Waals surface area contributed by atoms with Crippen molar-refractivity contribution in [1.82, 2.24) is 9.55 Å². The summed E-state index contributed by atoms with van der Waals surface area (Å²) in [5, 5.41) is 19.3. The lowest BCUT2D eigenvalue weighted by Gasteiger charge is -2.41. The minimum atomic E-state index is -0.367. The van der Waals surface area contributed by atoms with Gasteiger partial charge in [-0.2, -0.15) is 10.5 Å². The Balaban J connectivity index is 1.43. The Morgan fingerprint density at radius 1 is 1.06 bits per heavy atom. The third kappa shape index (κ3) is 4.40. The summed E-state index contributed by atoms with van der Waals surface area (Å²) in [4.78, 5) is 21.9. The van der Waals surface area contributed by atoms with E-state index in [1.165, 1.54) is 23.5 Å². The van der Waals surface area contributed by atoms with Crippen LogP contribution in [0.2, 0.25) is 0 Å². The first-order chi connectivity index (χ1) is 17.4. The molecule has 3 aromatic rings. The number of pyridine rings is 2. The summed E-state index contributed by atoms with van der Waals surface area (Å²) in [5.41, 5.74) is 2.45. The monoisotopic (exact) mass is 484 g/mol. The minimum Gasteiger partial charge on any atom is -0.369 e. The summed E-state index contributed by atoms with van der Waals surface area (Å²) in [6.45, 7) is 0.952. The van der Waals surface area contributed by atoms with Crippen molar-refractivity contribution >= 4 is 22.4 Å². The fourth-order valence-electron chi connectivity index (χ4n) is 5.54. The van der Waals surface area contributed by atoms with Gasteiger partial charge in [-0.1, -0.05) is 6.07 Å². The highest BCUT2D eigenvalue weighted by Gasteiger charge is 2.33. The van der Waals surface area contributed by atoms with Crippen molar-refractivity contribution in [1.29, 1.82) is 10.5 Å². The lowest BCUT2D eigenvalue weighted by Crippen LogP contribution is -2.44. The molecule has 0 N–H and O–H groups in total. The van der Waals surface area contributed by atoms with Crippen LogP contribution in [-0.4, -0.2) is 35.2 Å². The Morgan fingerprint density at radius 3 is 2.42 bits per heavy atom. The molecule has 2 aromatic heterocycles. The molecule has 2 saturated carbocycles. The van der Waals surface area contributed by atoms with Gasteiger partial charge in [0.1, 0.15) is 34.7 Å². The van der Waals surface area contributed by atoms with Crippen molar-refractivity contribution in [3.05, 3.63) is 63.8 Å². The SMILES string of the molecule is CN(c1c(C#N)c(=O)n(C)c2ccc(C#N)nc12)C1CCC(N(CC2CC2)c2cccc(F)c2)CC1. The Kier molecular flexibility index (Phi) is 6.36. The van der Waals surface area contributed by atoms with Crippen LogP contribution in [0.5, 0.6) is 0 Å². The number of fused-ring (bicyclic) bond motifs is 1. The number of rotatable bonds is 6. The molecule has 7 nitrogen and oxygen atoms in total. The molecule has 2 aliphatic rings. The van der Waals surface area contributed by atoms with Crippen LogP contribution in [0.1, 0.15) is 49.8 Å². The second-order valence-corrected chi connectivity index (χ2v) is 10.0. The second kappa shape index (κ2) is 9.62. The standard InChI is InChI=1S/C28H29FN6O/c1-33(27-24(16-31)28(36)34(2)25-13-8-20(15-30)32-26(25)27)21-9-11-22(12-10-21)35(17-18-6-7-18)23-5-3-4-19(29)14-23/h3-5,8,13-14,18,21-22H,6-7,9-12,17H2,1-2H3. The number of aryl methyl sites for hydroxylation is 1. The zero-order valence-electron chi connectivity index (χ0n) is 20.6.